The molecule has 0 aromatic heterocycles. The zero-order valence-electron chi connectivity index (χ0n) is 11.4. The molecule has 2 aliphatic rings. The van der Waals surface area contributed by atoms with Crippen LogP contribution in [0.15, 0.2) is 30.0 Å². The molecule has 0 saturated heterocycles. The van der Waals surface area contributed by atoms with Gasteiger partial charge in [-0.25, -0.2) is 0 Å². The molecule has 102 valence electrons. The maximum atomic E-state index is 5.83. The van der Waals surface area contributed by atoms with Crippen LogP contribution in [0.1, 0.15) is 42.5 Å². The summed E-state index contributed by atoms with van der Waals surface area (Å²) < 4.78 is 11.3. The topological polar surface area (TPSA) is 30.5 Å². The highest BCUT2D eigenvalue weighted by Gasteiger charge is 2.21. The van der Waals surface area contributed by atoms with Crippen molar-refractivity contribution in [2.24, 2.45) is 0 Å². The molecule has 3 rings (SSSR count). The largest absolute Gasteiger partial charge is 0.496 e. The van der Waals surface area contributed by atoms with Gasteiger partial charge in [0.15, 0.2) is 0 Å². The fourth-order valence-corrected chi connectivity index (χ4v) is 2.74. The van der Waals surface area contributed by atoms with Crippen LogP contribution in [0.3, 0.4) is 0 Å². The summed E-state index contributed by atoms with van der Waals surface area (Å²) in [6.45, 7) is 5.39. The van der Waals surface area contributed by atoms with Gasteiger partial charge in [0.05, 0.1) is 25.9 Å². The molecule has 1 atom stereocenters. The first-order valence-corrected chi connectivity index (χ1v) is 7.14. The van der Waals surface area contributed by atoms with Crippen molar-refractivity contribution in [3.63, 3.8) is 0 Å². The highest BCUT2D eigenvalue weighted by atomic mass is 16.5. The first kappa shape index (κ1) is 12.7. The number of nitrogens with one attached hydrogen (secondary N) is 1. The smallest absolute Gasteiger partial charge is 0.113 e. The zero-order chi connectivity index (χ0) is 13.1. The number of ether oxygens (including phenoxy) is 2. The number of hydrogen-bond acceptors (Lipinski definition) is 3. The molecule has 1 unspecified atom stereocenters. The molecule has 0 aliphatic carbocycles. The normalized spacial score (nSPS) is 19.5. The number of benzene rings is 1. The number of likely N-dealkylation sites (N-methyl/N-ethyl adjacent to an activating group) is 1. The summed E-state index contributed by atoms with van der Waals surface area (Å²) in [6, 6.07) is 6.82. The highest BCUT2D eigenvalue weighted by molar-refractivity contribution is 5.37. The molecule has 2 aliphatic heterocycles. The Morgan fingerprint density at radius 1 is 1.26 bits per heavy atom. The summed E-state index contributed by atoms with van der Waals surface area (Å²) in [5.41, 5.74) is 3.91. The van der Waals surface area contributed by atoms with Crippen LogP contribution >= 0.6 is 0 Å². The Morgan fingerprint density at radius 3 is 2.95 bits per heavy atom. The second-order valence-corrected chi connectivity index (χ2v) is 5.11. The molecule has 0 bridgehead atoms. The Morgan fingerprint density at radius 2 is 2.16 bits per heavy atom. The molecular weight excluding hydrogens is 238 g/mol. The Hall–Kier alpha value is -1.32. The van der Waals surface area contributed by atoms with Crippen molar-refractivity contribution in [1.29, 1.82) is 0 Å². The van der Waals surface area contributed by atoms with E-state index >= 15 is 0 Å². The van der Waals surface area contributed by atoms with Crippen molar-refractivity contribution in [3.8, 4) is 0 Å². The lowest BCUT2D eigenvalue weighted by Crippen LogP contribution is -2.25. The van der Waals surface area contributed by atoms with E-state index in [9.17, 15) is 0 Å². The molecule has 1 aromatic carbocycles. The van der Waals surface area contributed by atoms with E-state index in [0.29, 0.717) is 0 Å². The van der Waals surface area contributed by atoms with Crippen LogP contribution in [0, 0.1) is 0 Å². The minimum atomic E-state index is 0.177. The van der Waals surface area contributed by atoms with Gasteiger partial charge in [-0.05, 0) is 42.2 Å². The first-order chi connectivity index (χ1) is 9.38. The van der Waals surface area contributed by atoms with Crippen molar-refractivity contribution in [2.45, 2.75) is 39.0 Å². The fraction of sp³-hybridized carbons (Fsp3) is 0.500. The van der Waals surface area contributed by atoms with Gasteiger partial charge in [-0.1, -0.05) is 25.1 Å². The van der Waals surface area contributed by atoms with E-state index in [1.165, 1.54) is 16.7 Å². The molecule has 0 amide bonds. The molecule has 19 heavy (non-hydrogen) atoms. The third-order valence-corrected chi connectivity index (χ3v) is 3.73. The lowest BCUT2D eigenvalue weighted by molar-refractivity contribution is 0.134. The van der Waals surface area contributed by atoms with E-state index in [1.54, 1.807) is 0 Å². The van der Waals surface area contributed by atoms with Gasteiger partial charge in [-0.2, -0.15) is 0 Å². The molecule has 1 aromatic rings. The second-order valence-electron chi connectivity index (χ2n) is 5.11. The van der Waals surface area contributed by atoms with Crippen molar-refractivity contribution in [1.82, 2.24) is 5.32 Å². The Bertz CT molecular complexity index is 482. The van der Waals surface area contributed by atoms with Gasteiger partial charge in [0.25, 0.3) is 0 Å². The summed E-state index contributed by atoms with van der Waals surface area (Å²) in [4.78, 5) is 0. The van der Waals surface area contributed by atoms with Gasteiger partial charge >= 0.3 is 0 Å². The molecule has 0 spiro atoms. The van der Waals surface area contributed by atoms with Crippen molar-refractivity contribution in [3.05, 3.63) is 46.7 Å². The summed E-state index contributed by atoms with van der Waals surface area (Å²) in [5, 5.41) is 3.53. The van der Waals surface area contributed by atoms with Gasteiger partial charge in [0.1, 0.15) is 5.76 Å². The van der Waals surface area contributed by atoms with Crippen molar-refractivity contribution in [2.75, 3.05) is 13.2 Å². The SMILES string of the molecule is CCNC(C1=CCCCO1)c1ccc2c(c1)COC2. The maximum Gasteiger partial charge on any atom is 0.113 e. The molecule has 1 N–H and O–H groups in total. The van der Waals surface area contributed by atoms with Crippen LogP contribution in [0.5, 0.6) is 0 Å². The molecule has 2 heterocycles. The maximum absolute atomic E-state index is 5.83. The standard InChI is InChI=1S/C16H21NO2/c1-2-17-16(15-5-3-4-8-19-15)12-6-7-13-10-18-11-14(13)9-12/h5-7,9,16-17H,2-4,8,10-11H2,1H3. The minimum Gasteiger partial charge on any atom is -0.496 e. The van der Waals surface area contributed by atoms with Crippen molar-refractivity contribution < 1.29 is 9.47 Å². The monoisotopic (exact) mass is 259 g/mol. The number of fused-ring (bicyclic) bond motifs is 1. The van der Waals surface area contributed by atoms with Gasteiger partial charge in [-0.3, -0.25) is 0 Å². The number of rotatable bonds is 4. The lowest BCUT2D eigenvalue weighted by atomic mass is 9.98. The summed E-state index contributed by atoms with van der Waals surface area (Å²) in [6.07, 6.45) is 4.46. The minimum absolute atomic E-state index is 0.177. The Balaban J connectivity index is 1.89. The zero-order valence-corrected chi connectivity index (χ0v) is 11.4. The quantitative estimate of drug-likeness (QED) is 0.901. The fourth-order valence-electron chi connectivity index (χ4n) is 2.74. The van der Waals surface area contributed by atoms with Crippen LogP contribution in [-0.4, -0.2) is 13.2 Å². The van der Waals surface area contributed by atoms with E-state index < -0.39 is 0 Å². The molecule has 3 heteroatoms. The average molecular weight is 259 g/mol. The van der Waals surface area contributed by atoms with E-state index in [0.717, 1.165) is 45.0 Å². The van der Waals surface area contributed by atoms with E-state index in [2.05, 4.69) is 36.5 Å². The molecule has 0 saturated carbocycles. The highest BCUT2D eigenvalue weighted by Crippen LogP contribution is 2.29. The predicted molar refractivity (Wildman–Crippen MR) is 74.6 cm³/mol. The van der Waals surface area contributed by atoms with Crippen molar-refractivity contribution >= 4 is 0 Å². The van der Waals surface area contributed by atoms with Gasteiger partial charge < -0.3 is 14.8 Å². The van der Waals surface area contributed by atoms with Gasteiger partial charge in [0.2, 0.25) is 0 Å². The van der Waals surface area contributed by atoms with E-state index in [4.69, 9.17) is 9.47 Å². The number of hydrogen-bond donors (Lipinski definition) is 1. The Kier molecular flexibility index (Phi) is 3.85. The summed E-state index contributed by atoms with van der Waals surface area (Å²) in [7, 11) is 0. The van der Waals surface area contributed by atoms with Crippen LogP contribution in [0.4, 0.5) is 0 Å². The lowest BCUT2D eigenvalue weighted by Gasteiger charge is -2.25. The molecule has 3 nitrogen and oxygen atoms in total. The predicted octanol–water partition coefficient (Wildman–Crippen LogP) is 3.06. The van der Waals surface area contributed by atoms with Crippen LogP contribution in [0.2, 0.25) is 0 Å². The second kappa shape index (κ2) is 5.76. The first-order valence-electron chi connectivity index (χ1n) is 7.14. The van der Waals surface area contributed by atoms with Crippen LogP contribution in [-0.2, 0) is 22.7 Å². The van der Waals surface area contributed by atoms with Crippen LogP contribution in [0.25, 0.3) is 0 Å². The summed E-state index contributed by atoms with van der Waals surface area (Å²) in [5.74, 6) is 1.08. The average Bonchev–Trinajstić information content (AvgIpc) is 2.93. The number of allylic oxidation sites excluding steroid dienone is 1. The Labute approximate surface area is 114 Å². The molecule has 0 radical (unpaired) electrons. The third-order valence-electron chi connectivity index (χ3n) is 3.73. The molecular formula is C16H21NO2. The molecule has 0 fully saturated rings. The van der Waals surface area contributed by atoms with Gasteiger partial charge in [-0.15, -0.1) is 0 Å². The van der Waals surface area contributed by atoms with E-state index in [1.807, 2.05) is 0 Å². The van der Waals surface area contributed by atoms with Crippen LogP contribution < -0.4 is 5.32 Å². The van der Waals surface area contributed by atoms with Gasteiger partial charge in [0, 0.05) is 0 Å². The third kappa shape index (κ3) is 2.67. The van der Waals surface area contributed by atoms with E-state index in [-0.39, 0.29) is 6.04 Å². The summed E-state index contributed by atoms with van der Waals surface area (Å²) >= 11 is 0.